The van der Waals surface area contributed by atoms with Gasteiger partial charge in [-0.05, 0) is 56.1 Å². The van der Waals surface area contributed by atoms with Gasteiger partial charge in [-0.25, -0.2) is 0 Å². The third kappa shape index (κ3) is 2.72. The number of hydrogen-bond donors (Lipinski definition) is 2. The highest BCUT2D eigenvalue weighted by atomic mass is 16.6. The van der Waals surface area contributed by atoms with Crippen molar-refractivity contribution < 1.29 is 29.3 Å². The molecular formula is C24H32O6. The number of carbonyl (C=O) groups is 3. The third-order valence-electron chi connectivity index (χ3n) is 8.79. The first-order valence-electron chi connectivity index (χ1n) is 11.1. The summed E-state index contributed by atoms with van der Waals surface area (Å²) >= 11 is 0. The van der Waals surface area contributed by atoms with Crippen molar-refractivity contribution >= 4 is 17.5 Å². The van der Waals surface area contributed by atoms with Crippen LogP contribution in [-0.2, 0) is 19.1 Å². The average Bonchev–Trinajstić information content (AvgIpc) is 3.00. The lowest BCUT2D eigenvalue weighted by atomic mass is 9.46. The summed E-state index contributed by atoms with van der Waals surface area (Å²) in [7, 11) is 0. The molecule has 30 heavy (non-hydrogen) atoms. The topological polar surface area (TPSA) is 101 Å². The molecule has 0 saturated heterocycles. The first-order chi connectivity index (χ1) is 14.1. The minimum atomic E-state index is -1.39. The van der Waals surface area contributed by atoms with Gasteiger partial charge in [0.15, 0.2) is 11.4 Å². The molecule has 7 atom stereocenters. The van der Waals surface area contributed by atoms with E-state index in [0.717, 1.165) is 18.4 Å². The summed E-state index contributed by atoms with van der Waals surface area (Å²) < 4.78 is 5.82. The van der Waals surface area contributed by atoms with Crippen LogP contribution in [0.5, 0.6) is 0 Å². The summed E-state index contributed by atoms with van der Waals surface area (Å²) in [4.78, 5) is 37.2. The number of ether oxygens (including phenoxy) is 1. The van der Waals surface area contributed by atoms with Gasteiger partial charge in [-0.1, -0.05) is 32.4 Å². The summed E-state index contributed by atoms with van der Waals surface area (Å²) in [5.74, 6) is -0.740. The van der Waals surface area contributed by atoms with Crippen molar-refractivity contribution in [1.82, 2.24) is 0 Å². The zero-order chi connectivity index (χ0) is 21.9. The molecule has 0 unspecified atom stereocenters. The van der Waals surface area contributed by atoms with Crippen LogP contribution in [0.1, 0.15) is 59.3 Å². The Balaban J connectivity index is 1.76. The van der Waals surface area contributed by atoms with E-state index in [1.54, 1.807) is 19.1 Å². The Bertz CT molecular complexity index is 843. The van der Waals surface area contributed by atoms with Crippen molar-refractivity contribution in [2.24, 2.45) is 28.6 Å². The number of esters is 1. The van der Waals surface area contributed by atoms with Crippen molar-refractivity contribution in [2.75, 3.05) is 6.61 Å². The van der Waals surface area contributed by atoms with Crippen LogP contribution >= 0.6 is 0 Å². The number of Topliss-reactive ketones (excluding diaryl/α,β-unsaturated/α-hetero) is 1. The van der Waals surface area contributed by atoms with E-state index in [4.69, 9.17) is 4.74 Å². The molecule has 4 rings (SSSR count). The smallest absolute Gasteiger partial charge is 0.306 e. The van der Waals surface area contributed by atoms with E-state index in [2.05, 4.69) is 6.92 Å². The van der Waals surface area contributed by atoms with Crippen molar-refractivity contribution in [3.8, 4) is 0 Å². The number of hydrogen-bond acceptors (Lipinski definition) is 6. The molecule has 0 radical (unpaired) electrons. The van der Waals surface area contributed by atoms with Gasteiger partial charge in [0, 0.05) is 23.2 Å². The lowest BCUT2D eigenvalue weighted by Crippen LogP contribution is -2.63. The largest absolute Gasteiger partial charge is 0.450 e. The highest BCUT2D eigenvalue weighted by molar-refractivity contribution is 6.01. The van der Waals surface area contributed by atoms with Gasteiger partial charge in [0.25, 0.3) is 0 Å². The first-order valence-corrected chi connectivity index (χ1v) is 11.1. The van der Waals surface area contributed by atoms with E-state index >= 15 is 0 Å². The highest BCUT2D eigenvalue weighted by Crippen LogP contribution is 2.67. The summed E-state index contributed by atoms with van der Waals surface area (Å²) in [6.45, 7) is 5.06. The second kappa shape index (κ2) is 7.13. The molecule has 6 heteroatoms. The molecule has 0 heterocycles. The van der Waals surface area contributed by atoms with Gasteiger partial charge >= 0.3 is 5.97 Å². The minimum Gasteiger partial charge on any atom is -0.450 e. The molecule has 0 aromatic rings. The lowest BCUT2D eigenvalue weighted by Gasteiger charge is -2.59. The maximum atomic E-state index is 13.0. The second-order valence-electron chi connectivity index (χ2n) is 9.99. The predicted octanol–water partition coefficient (Wildman–Crippen LogP) is 2.52. The molecule has 4 aliphatic carbocycles. The number of carbonyl (C=O) groups excluding carboxylic acids is 3. The van der Waals surface area contributed by atoms with Crippen LogP contribution in [0.4, 0.5) is 0 Å². The van der Waals surface area contributed by atoms with Gasteiger partial charge in [0.2, 0.25) is 5.78 Å². The number of aliphatic hydroxyl groups is 2. The normalized spacial score (nSPS) is 44.6. The van der Waals surface area contributed by atoms with Gasteiger partial charge in [-0.3, -0.25) is 14.4 Å². The number of fused-ring (bicyclic) bond motifs is 5. The van der Waals surface area contributed by atoms with E-state index in [1.165, 1.54) is 0 Å². The van der Waals surface area contributed by atoms with Gasteiger partial charge in [0.1, 0.15) is 6.61 Å². The van der Waals surface area contributed by atoms with Gasteiger partial charge in [0.05, 0.1) is 6.10 Å². The summed E-state index contributed by atoms with van der Waals surface area (Å²) in [5, 5.41) is 21.1. The number of ketones is 2. The molecule has 2 N–H and O–H groups in total. The van der Waals surface area contributed by atoms with E-state index in [9.17, 15) is 24.6 Å². The Morgan fingerprint density at radius 3 is 2.67 bits per heavy atom. The fraction of sp³-hybridized carbons (Fsp3) is 0.708. The van der Waals surface area contributed by atoms with Crippen molar-refractivity contribution in [1.29, 1.82) is 0 Å². The Kier molecular flexibility index (Phi) is 5.09. The number of allylic oxidation sites excluding steroid dienone is 4. The van der Waals surface area contributed by atoms with Gasteiger partial charge < -0.3 is 14.9 Å². The zero-order valence-corrected chi connectivity index (χ0v) is 18.0. The maximum absolute atomic E-state index is 13.0. The molecule has 0 spiro atoms. The first kappa shape index (κ1) is 21.4. The highest BCUT2D eigenvalue weighted by Gasteiger charge is 2.70. The molecule has 0 aliphatic heterocycles. The van der Waals surface area contributed by atoms with E-state index in [-0.39, 0.29) is 35.4 Å². The number of aliphatic hydroxyl groups excluding tert-OH is 2. The lowest BCUT2D eigenvalue weighted by molar-refractivity contribution is -0.200. The Morgan fingerprint density at radius 1 is 1.27 bits per heavy atom. The standard InChI is InChI=1S/C24H32O6/c1-4-20(29)30-24(19(28)13-25)10-8-17-16-6-5-14-11-15(26)7-9-22(14,2)21(16)18(27)12-23(17,24)3/h7,9,11,16-18,21,25,27H,4-6,8,10,12-13H2,1-3H3/t16-,17-,18-,21+,22-,23-,24-/m0/s1. The van der Waals surface area contributed by atoms with Crippen molar-refractivity contribution in [3.63, 3.8) is 0 Å². The maximum Gasteiger partial charge on any atom is 0.306 e. The van der Waals surface area contributed by atoms with Crippen LogP contribution in [0.3, 0.4) is 0 Å². The zero-order valence-electron chi connectivity index (χ0n) is 18.0. The molecule has 3 fully saturated rings. The molecule has 3 saturated carbocycles. The summed E-state index contributed by atoms with van der Waals surface area (Å²) in [6.07, 6.45) is 7.75. The predicted molar refractivity (Wildman–Crippen MR) is 109 cm³/mol. The molecule has 6 nitrogen and oxygen atoms in total. The van der Waals surface area contributed by atoms with Gasteiger partial charge in [-0.2, -0.15) is 0 Å². The monoisotopic (exact) mass is 416 g/mol. The molecule has 0 bridgehead atoms. The molecule has 0 aromatic heterocycles. The molecule has 0 amide bonds. The van der Waals surface area contributed by atoms with Crippen LogP contribution in [0, 0.1) is 28.6 Å². The van der Waals surface area contributed by atoms with Crippen molar-refractivity contribution in [3.05, 3.63) is 23.8 Å². The number of rotatable bonds is 4. The van der Waals surface area contributed by atoms with Crippen LogP contribution in [0.25, 0.3) is 0 Å². The van der Waals surface area contributed by atoms with Gasteiger partial charge in [-0.15, -0.1) is 0 Å². The quantitative estimate of drug-likeness (QED) is 0.683. The second-order valence-corrected chi connectivity index (χ2v) is 9.99. The molecule has 0 aromatic carbocycles. The fourth-order valence-electron chi connectivity index (χ4n) is 7.39. The molecular weight excluding hydrogens is 384 g/mol. The molecule has 4 aliphatic rings. The van der Waals surface area contributed by atoms with E-state index in [1.807, 2.05) is 13.0 Å². The Labute approximate surface area is 177 Å². The van der Waals surface area contributed by atoms with Crippen LogP contribution in [0.2, 0.25) is 0 Å². The average molecular weight is 417 g/mol. The van der Waals surface area contributed by atoms with E-state index < -0.39 is 35.5 Å². The van der Waals surface area contributed by atoms with Crippen LogP contribution in [0.15, 0.2) is 23.8 Å². The minimum absolute atomic E-state index is 0.00373. The van der Waals surface area contributed by atoms with E-state index in [0.29, 0.717) is 19.3 Å². The summed E-state index contributed by atoms with van der Waals surface area (Å²) in [5.41, 5.74) is -1.43. The summed E-state index contributed by atoms with van der Waals surface area (Å²) in [6, 6.07) is 0. The Morgan fingerprint density at radius 2 is 2.00 bits per heavy atom. The third-order valence-corrected chi connectivity index (χ3v) is 8.79. The van der Waals surface area contributed by atoms with Crippen LogP contribution in [-0.4, -0.2) is 46.1 Å². The molecule has 164 valence electrons. The SMILES string of the molecule is CCC(=O)O[C@]1(C(=O)CO)CC[C@H]2[C@@H]3CCC4=CC(=O)C=C[C@]4(C)[C@H]3[C@@H](O)C[C@@]21C. The van der Waals surface area contributed by atoms with Crippen LogP contribution < -0.4 is 0 Å². The Hall–Kier alpha value is -1.79. The fourth-order valence-corrected chi connectivity index (χ4v) is 7.39. The van der Waals surface area contributed by atoms with Crippen molar-refractivity contribution in [2.45, 2.75) is 71.0 Å².